The molecule has 132 valence electrons. The van der Waals surface area contributed by atoms with Crippen LogP contribution < -0.4 is 0 Å². The highest BCUT2D eigenvalue weighted by Gasteiger charge is 2.15. The third-order valence-electron chi connectivity index (χ3n) is 4.41. The molecule has 0 radical (unpaired) electrons. The fourth-order valence-electron chi connectivity index (χ4n) is 2.64. The number of ketones is 1. The van der Waals surface area contributed by atoms with Gasteiger partial charge in [0.05, 0.1) is 0 Å². The molecule has 0 aliphatic rings. The second-order valence-electron chi connectivity index (χ2n) is 6.16. The lowest BCUT2D eigenvalue weighted by atomic mass is 9.94. The SMILES string of the molecule is CC/C(C)=C(/C=C\C=C(/C)c1ccccc1)C(=O)c1ccccc1C=O. The largest absolute Gasteiger partial charge is 0.298 e. The first-order valence-corrected chi connectivity index (χ1v) is 8.77. The summed E-state index contributed by atoms with van der Waals surface area (Å²) in [6.45, 7) is 6.02. The summed E-state index contributed by atoms with van der Waals surface area (Å²) in [4.78, 5) is 24.2. The Morgan fingerprint density at radius 3 is 2.27 bits per heavy atom. The third kappa shape index (κ3) is 4.76. The summed E-state index contributed by atoms with van der Waals surface area (Å²) in [6, 6.07) is 17.0. The zero-order valence-electron chi connectivity index (χ0n) is 15.5. The van der Waals surface area contributed by atoms with E-state index in [-0.39, 0.29) is 5.78 Å². The van der Waals surface area contributed by atoms with Crippen molar-refractivity contribution in [1.82, 2.24) is 0 Å². The first-order chi connectivity index (χ1) is 12.6. The van der Waals surface area contributed by atoms with Crippen LogP contribution >= 0.6 is 0 Å². The van der Waals surface area contributed by atoms with E-state index in [1.54, 1.807) is 24.3 Å². The Morgan fingerprint density at radius 2 is 1.62 bits per heavy atom. The first-order valence-electron chi connectivity index (χ1n) is 8.77. The molecule has 0 aromatic heterocycles. The van der Waals surface area contributed by atoms with Crippen molar-refractivity contribution in [3.8, 4) is 0 Å². The molecule has 0 amide bonds. The van der Waals surface area contributed by atoms with Crippen LogP contribution in [-0.2, 0) is 0 Å². The summed E-state index contributed by atoms with van der Waals surface area (Å²) in [5.74, 6) is -0.117. The van der Waals surface area contributed by atoms with Gasteiger partial charge in [0.1, 0.15) is 0 Å². The maximum absolute atomic E-state index is 13.0. The fourth-order valence-corrected chi connectivity index (χ4v) is 2.64. The summed E-state index contributed by atoms with van der Waals surface area (Å²) < 4.78 is 0. The van der Waals surface area contributed by atoms with Gasteiger partial charge < -0.3 is 0 Å². The van der Waals surface area contributed by atoms with Crippen molar-refractivity contribution in [3.05, 3.63) is 101 Å². The topological polar surface area (TPSA) is 34.1 Å². The number of carbonyl (C=O) groups is 2. The van der Waals surface area contributed by atoms with E-state index in [9.17, 15) is 9.59 Å². The molecule has 0 fully saturated rings. The highest BCUT2D eigenvalue weighted by atomic mass is 16.1. The first kappa shape index (κ1) is 19.3. The third-order valence-corrected chi connectivity index (χ3v) is 4.41. The summed E-state index contributed by atoms with van der Waals surface area (Å²) in [5.41, 5.74) is 4.77. The van der Waals surface area contributed by atoms with Crippen molar-refractivity contribution in [2.24, 2.45) is 0 Å². The minimum atomic E-state index is -0.117. The molecule has 0 saturated heterocycles. The average Bonchev–Trinajstić information content (AvgIpc) is 2.70. The van der Waals surface area contributed by atoms with Crippen LogP contribution in [0.2, 0.25) is 0 Å². The molecule has 2 nitrogen and oxygen atoms in total. The monoisotopic (exact) mass is 344 g/mol. The normalized spacial score (nSPS) is 12.8. The molecule has 0 N–H and O–H groups in total. The van der Waals surface area contributed by atoms with Crippen LogP contribution in [0.3, 0.4) is 0 Å². The van der Waals surface area contributed by atoms with Gasteiger partial charge in [-0.2, -0.15) is 0 Å². The van der Waals surface area contributed by atoms with Crippen LogP contribution in [0.25, 0.3) is 5.57 Å². The van der Waals surface area contributed by atoms with Gasteiger partial charge in [-0.3, -0.25) is 9.59 Å². The van der Waals surface area contributed by atoms with E-state index in [1.807, 2.05) is 57.2 Å². The van der Waals surface area contributed by atoms with Gasteiger partial charge in [0.15, 0.2) is 12.1 Å². The van der Waals surface area contributed by atoms with Crippen LogP contribution in [0.15, 0.2) is 84.0 Å². The Kier molecular flexibility index (Phi) is 7.04. The van der Waals surface area contributed by atoms with E-state index >= 15 is 0 Å². The van der Waals surface area contributed by atoms with Crippen molar-refractivity contribution in [2.75, 3.05) is 0 Å². The van der Waals surface area contributed by atoms with E-state index in [2.05, 4.69) is 12.1 Å². The summed E-state index contributed by atoms with van der Waals surface area (Å²) in [6.07, 6.45) is 7.25. The Morgan fingerprint density at radius 1 is 0.962 bits per heavy atom. The lowest BCUT2D eigenvalue weighted by molar-refractivity contribution is 0.102. The van der Waals surface area contributed by atoms with Gasteiger partial charge in [0, 0.05) is 16.7 Å². The molecule has 0 aliphatic heterocycles. The minimum absolute atomic E-state index is 0.117. The van der Waals surface area contributed by atoms with E-state index in [4.69, 9.17) is 0 Å². The summed E-state index contributed by atoms with van der Waals surface area (Å²) in [7, 11) is 0. The van der Waals surface area contributed by atoms with E-state index in [0.717, 1.165) is 29.4 Å². The molecule has 0 spiro atoms. The lowest BCUT2D eigenvalue weighted by Crippen LogP contribution is -2.07. The molecule has 26 heavy (non-hydrogen) atoms. The number of benzene rings is 2. The van der Waals surface area contributed by atoms with Crippen LogP contribution in [0.1, 0.15) is 53.5 Å². The summed E-state index contributed by atoms with van der Waals surface area (Å²) >= 11 is 0. The van der Waals surface area contributed by atoms with Crippen molar-refractivity contribution in [1.29, 1.82) is 0 Å². The van der Waals surface area contributed by atoms with Crippen LogP contribution in [0, 0.1) is 0 Å². The number of carbonyl (C=O) groups excluding carboxylic acids is 2. The van der Waals surface area contributed by atoms with Gasteiger partial charge >= 0.3 is 0 Å². The second-order valence-corrected chi connectivity index (χ2v) is 6.16. The second kappa shape index (κ2) is 9.47. The van der Waals surface area contributed by atoms with Gasteiger partial charge in [0.25, 0.3) is 0 Å². The molecule has 2 aromatic rings. The quantitative estimate of drug-likeness (QED) is 0.264. The molecule has 2 rings (SSSR count). The van der Waals surface area contributed by atoms with Crippen LogP contribution in [0.4, 0.5) is 0 Å². The lowest BCUT2D eigenvalue weighted by Gasteiger charge is -2.08. The van der Waals surface area contributed by atoms with Crippen LogP contribution in [-0.4, -0.2) is 12.1 Å². The summed E-state index contributed by atoms with van der Waals surface area (Å²) in [5, 5.41) is 0. The number of allylic oxidation sites excluding steroid dienone is 6. The zero-order chi connectivity index (χ0) is 18.9. The van der Waals surface area contributed by atoms with Gasteiger partial charge in [-0.1, -0.05) is 85.3 Å². The van der Waals surface area contributed by atoms with Crippen molar-refractivity contribution < 1.29 is 9.59 Å². The molecule has 0 unspecified atom stereocenters. The van der Waals surface area contributed by atoms with Crippen LogP contribution in [0.5, 0.6) is 0 Å². The minimum Gasteiger partial charge on any atom is -0.298 e. The van der Waals surface area contributed by atoms with Crippen molar-refractivity contribution in [2.45, 2.75) is 27.2 Å². The van der Waals surface area contributed by atoms with Gasteiger partial charge in [-0.25, -0.2) is 0 Å². The highest BCUT2D eigenvalue weighted by Crippen LogP contribution is 2.19. The smallest absolute Gasteiger partial charge is 0.193 e. The standard InChI is InChI=1S/C24H24O2/c1-4-18(2)22(24(26)23-15-9-8-14-21(23)17-25)16-10-11-19(3)20-12-6-5-7-13-20/h5-17H,4H2,1-3H3/b16-10-,19-11+,22-18-. The molecular weight excluding hydrogens is 320 g/mol. The molecular formula is C24H24O2. The number of aldehydes is 1. The Labute approximate surface area is 155 Å². The zero-order valence-corrected chi connectivity index (χ0v) is 15.5. The molecule has 0 atom stereocenters. The van der Waals surface area contributed by atoms with E-state index in [1.165, 1.54) is 0 Å². The fraction of sp³-hybridized carbons (Fsp3) is 0.167. The molecule has 0 saturated carbocycles. The van der Waals surface area contributed by atoms with Gasteiger partial charge in [-0.05, 0) is 31.4 Å². The Balaban J connectivity index is 2.35. The van der Waals surface area contributed by atoms with E-state index in [0.29, 0.717) is 16.7 Å². The molecule has 0 aliphatic carbocycles. The van der Waals surface area contributed by atoms with Crippen molar-refractivity contribution in [3.63, 3.8) is 0 Å². The number of hydrogen-bond acceptors (Lipinski definition) is 2. The Hall–Kier alpha value is -3.00. The van der Waals surface area contributed by atoms with Crippen molar-refractivity contribution >= 4 is 17.6 Å². The maximum atomic E-state index is 13.0. The van der Waals surface area contributed by atoms with Gasteiger partial charge in [0.2, 0.25) is 0 Å². The number of rotatable bonds is 7. The number of Topliss-reactive ketones (excluding diaryl/α,β-unsaturated/α-hetero) is 1. The molecule has 2 aromatic carbocycles. The van der Waals surface area contributed by atoms with E-state index < -0.39 is 0 Å². The number of hydrogen-bond donors (Lipinski definition) is 0. The predicted octanol–water partition coefficient (Wildman–Crippen LogP) is 6.07. The molecule has 0 bridgehead atoms. The molecule has 2 heteroatoms. The van der Waals surface area contributed by atoms with Gasteiger partial charge in [-0.15, -0.1) is 0 Å². The maximum Gasteiger partial charge on any atom is 0.193 e. The highest BCUT2D eigenvalue weighted by molar-refractivity contribution is 6.14. The predicted molar refractivity (Wildman–Crippen MR) is 108 cm³/mol. The Bertz CT molecular complexity index is 868. The average molecular weight is 344 g/mol. The molecule has 0 heterocycles.